The minimum absolute atomic E-state index is 0.270. The highest BCUT2D eigenvalue weighted by atomic mass is 32.2. The fraction of sp³-hybridized carbons (Fsp3) is 0.316. The Morgan fingerprint density at radius 2 is 2.15 bits per heavy atom. The van der Waals surface area contributed by atoms with Gasteiger partial charge in [0.15, 0.2) is 10.4 Å². The summed E-state index contributed by atoms with van der Waals surface area (Å²) in [6.45, 7) is 1.83. The lowest BCUT2D eigenvalue weighted by Gasteiger charge is -2.12. The first kappa shape index (κ1) is 19.4. The van der Waals surface area contributed by atoms with Gasteiger partial charge in [-0.2, -0.15) is 0 Å². The summed E-state index contributed by atoms with van der Waals surface area (Å²) >= 11 is 3.28. The third-order valence-electron chi connectivity index (χ3n) is 3.72. The van der Waals surface area contributed by atoms with Gasteiger partial charge in [0.2, 0.25) is 0 Å². The number of rotatable bonds is 9. The van der Waals surface area contributed by atoms with Crippen molar-refractivity contribution in [3.63, 3.8) is 0 Å². The number of carbonyl (C=O) groups excluding carboxylic acids is 2. The molecule has 0 aliphatic carbocycles. The lowest BCUT2D eigenvalue weighted by molar-refractivity contribution is -0.154. The Bertz CT molecular complexity index is 859. The van der Waals surface area contributed by atoms with Gasteiger partial charge in [0.05, 0.1) is 23.0 Å². The molecule has 2 heterocycles. The van der Waals surface area contributed by atoms with Gasteiger partial charge in [-0.1, -0.05) is 23.9 Å². The molecule has 8 heteroatoms. The van der Waals surface area contributed by atoms with E-state index >= 15 is 0 Å². The Labute approximate surface area is 165 Å². The lowest BCUT2D eigenvalue weighted by Crippen LogP contribution is -2.35. The number of hydrogen-bond donors (Lipinski definition) is 1. The normalized spacial score (nSPS) is 12.0. The van der Waals surface area contributed by atoms with E-state index < -0.39 is 6.10 Å². The first-order valence-corrected chi connectivity index (χ1v) is 10.4. The quantitative estimate of drug-likeness (QED) is 0.330. The zero-order valence-electron chi connectivity index (χ0n) is 14.8. The van der Waals surface area contributed by atoms with Gasteiger partial charge in [-0.25, -0.2) is 4.98 Å². The second-order valence-electron chi connectivity index (χ2n) is 5.83. The summed E-state index contributed by atoms with van der Waals surface area (Å²) in [5.41, 5.74) is 0.999. The molecule has 1 amide bonds. The first-order valence-electron chi connectivity index (χ1n) is 8.60. The zero-order chi connectivity index (χ0) is 19.1. The van der Waals surface area contributed by atoms with Crippen LogP contribution in [0.1, 0.15) is 25.5 Å². The summed E-state index contributed by atoms with van der Waals surface area (Å²) < 4.78 is 12.5. The van der Waals surface area contributed by atoms with E-state index in [0.29, 0.717) is 12.2 Å². The average Bonchev–Trinajstić information content (AvgIpc) is 3.32. The average molecular weight is 405 g/mol. The van der Waals surface area contributed by atoms with E-state index in [1.54, 1.807) is 42.2 Å². The fourth-order valence-electron chi connectivity index (χ4n) is 2.33. The number of furan rings is 1. The smallest absolute Gasteiger partial charge is 0.306 e. The molecule has 0 bridgehead atoms. The molecule has 0 aliphatic heterocycles. The number of fused-ring (bicyclic) bond motifs is 1. The summed E-state index contributed by atoms with van der Waals surface area (Å²) in [6.07, 6.45) is 1.65. The van der Waals surface area contributed by atoms with Gasteiger partial charge >= 0.3 is 5.97 Å². The van der Waals surface area contributed by atoms with Crippen molar-refractivity contribution in [3.05, 3.63) is 48.4 Å². The molecule has 1 atom stereocenters. The molecule has 3 aromatic rings. The van der Waals surface area contributed by atoms with E-state index in [1.807, 2.05) is 24.3 Å². The van der Waals surface area contributed by atoms with Gasteiger partial charge in [0.25, 0.3) is 5.91 Å². The molecule has 1 N–H and O–H groups in total. The Kier molecular flexibility index (Phi) is 6.89. The third kappa shape index (κ3) is 5.83. The summed E-state index contributed by atoms with van der Waals surface area (Å²) in [5, 5.41) is 2.67. The zero-order valence-corrected chi connectivity index (χ0v) is 16.5. The molecule has 0 radical (unpaired) electrons. The molecule has 0 unspecified atom stereocenters. The molecule has 3 rings (SSSR count). The van der Waals surface area contributed by atoms with Crippen LogP contribution in [0.4, 0.5) is 0 Å². The second-order valence-corrected chi connectivity index (χ2v) is 8.20. The molecule has 0 aliphatic rings. The highest BCUT2D eigenvalue weighted by Crippen LogP contribution is 2.29. The number of nitrogens with one attached hydrogen (secondary N) is 1. The van der Waals surface area contributed by atoms with Crippen LogP contribution in [-0.4, -0.2) is 28.7 Å². The SMILES string of the molecule is C[C@H](OC(=O)CCCSc1nc2ccccc2s1)C(=O)NCc1ccco1. The van der Waals surface area contributed by atoms with E-state index in [9.17, 15) is 9.59 Å². The number of para-hydroxylation sites is 1. The van der Waals surface area contributed by atoms with Gasteiger partial charge < -0.3 is 14.5 Å². The van der Waals surface area contributed by atoms with Crippen molar-refractivity contribution in [2.75, 3.05) is 5.75 Å². The molecule has 142 valence electrons. The Morgan fingerprint density at radius 3 is 2.93 bits per heavy atom. The summed E-state index contributed by atoms with van der Waals surface area (Å²) in [4.78, 5) is 28.4. The van der Waals surface area contributed by atoms with Crippen LogP contribution in [-0.2, 0) is 20.9 Å². The molecular formula is C19H20N2O4S2. The van der Waals surface area contributed by atoms with Gasteiger partial charge in [-0.15, -0.1) is 11.3 Å². The highest BCUT2D eigenvalue weighted by Gasteiger charge is 2.17. The van der Waals surface area contributed by atoms with Crippen LogP contribution >= 0.6 is 23.1 Å². The molecule has 0 fully saturated rings. The number of ether oxygens (including phenoxy) is 1. The predicted molar refractivity (Wildman–Crippen MR) is 106 cm³/mol. The maximum atomic E-state index is 11.9. The van der Waals surface area contributed by atoms with E-state index in [4.69, 9.17) is 9.15 Å². The topological polar surface area (TPSA) is 81.4 Å². The van der Waals surface area contributed by atoms with Crippen molar-refractivity contribution in [1.29, 1.82) is 0 Å². The van der Waals surface area contributed by atoms with Gasteiger partial charge in [-0.05, 0) is 37.6 Å². The number of aromatic nitrogens is 1. The highest BCUT2D eigenvalue weighted by molar-refractivity contribution is 8.01. The summed E-state index contributed by atoms with van der Waals surface area (Å²) in [7, 11) is 0. The van der Waals surface area contributed by atoms with Gasteiger partial charge in [-0.3, -0.25) is 9.59 Å². The van der Waals surface area contributed by atoms with Crippen LogP contribution in [0.3, 0.4) is 0 Å². The van der Waals surface area contributed by atoms with Crippen LogP contribution in [0.5, 0.6) is 0 Å². The van der Waals surface area contributed by atoms with Gasteiger partial charge in [0.1, 0.15) is 5.76 Å². The van der Waals surface area contributed by atoms with Crippen LogP contribution in [0, 0.1) is 0 Å². The largest absolute Gasteiger partial charge is 0.467 e. The molecular weight excluding hydrogens is 384 g/mol. The number of thioether (sulfide) groups is 1. The maximum Gasteiger partial charge on any atom is 0.306 e. The monoisotopic (exact) mass is 404 g/mol. The molecule has 0 saturated carbocycles. The fourth-order valence-corrected chi connectivity index (χ4v) is 4.41. The first-order chi connectivity index (χ1) is 13.1. The van der Waals surface area contributed by atoms with Crippen molar-refractivity contribution in [2.45, 2.75) is 36.8 Å². The number of esters is 1. The van der Waals surface area contributed by atoms with Crippen LogP contribution in [0.15, 0.2) is 51.4 Å². The third-order valence-corrected chi connectivity index (χ3v) is 5.99. The number of hydrogen-bond acceptors (Lipinski definition) is 7. The van der Waals surface area contributed by atoms with E-state index in [0.717, 1.165) is 20.3 Å². The number of thiazole rings is 1. The predicted octanol–water partition coefficient (Wildman–Crippen LogP) is 4.01. The Balaban J connectivity index is 1.33. The Morgan fingerprint density at radius 1 is 1.30 bits per heavy atom. The van der Waals surface area contributed by atoms with Crippen molar-refractivity contribution >= 4 is 45.2 Å². The number of carbonyl (C=O) groups is 2. The number of benzene rings is 1. The standard InChI is InChI=1S/C19H20N2O4S2/c1-13(18(23)20-12-14-6-4-10-24-14)25-17(22)9-5-11-26-19-21-15-7-2-3-8-16(15)27-19/h2-4,6-8,10,13H,5,9,11-12H2,1H3,(H,20,23)/t13-/m0/s1. The molecule has 1 aromatic carbocycles. The maximum absolute atomic E-state index is 11.9. The van der Waals surface area contributed by atoms with Crippen molar-refractivity contribution in [2.24, 2.45) is 0 Å². The lowest BCUT2D eigenvalue weighted by atomic mass is 10.3. The van der Waals surface area contributed by atoms with E-state index in [-0.39, 0.29) is 24.8 Å². The number of amides is 1. The van der Waals surface area contributed by atoms with E-state index in [2.05, 4.69) is 10.3 Å². The van der Waals surface area contributed by atoms with Gasteiger partial charge in [0, 0.05) is 12.2 Å². The van der Waals surface area contributed by atoms with Crippen LogP contribution < -0.4 is 5.32 Å². The molecule has 0 saturated heterocycles. The molecule has 27 heavy (non-hydrogen) atoms. The summed E-state index contributed by atoms with van der Waals surface area (Å²) in [6, 6.07) is 11.5. The molecule has 2 aromatic heterocycles. The van der Waals surface area contributed by atoms with Crippen LogP contribution in [0.25, 0.3) is 10.2 Å². The number of nitrogens with zero attached hydrogens (tertiary/aromatic N) is 1. The minimum Gasteiger partial charge on any atom is -0.467 e. The summed E-state index contributed by atoms with van der Waals surface area (Å²) in [5.74, 6) is 0.700. The van der Waals surface area contributed by atoms with Crippen molar-refractivity contribution in [1.82, 2.24) is 10.3 Å². The molecule has 0 spiro atoms. The second kappa shape index (κ2) is 9.57. The van der Waals surface area contributed by atoms with E-state index in [1.165, 1.54) is 6.26 Å². The molecule has 6 nitrogen and oxygen atoms in total. The van der Waals surface area contributed by atoms with Crippen molar-refractivity contribution < 1.29 is 18.7 Å². The van der Waals surface area contributed by atoms with Crippen LogP contribution in [0.2, 0.25) is 0 Å². The van der Waals surface area contributed by atoms with Crippen molar-refractivity contribution in [3.8, 4) is 0 Å². The Hall–Kier alpha value is -2.32. The minimum atomic E-state index is -0.829.